The summed E-state index contributed by atoms with van der Waals surface area (Å²) in [4.78, 5) is 21.1. The number of nitrogens with one attached hydrogen (secondary N) is 2. The van der Waals surface area contributed by atoms with Crippen LogP contribution in [0, 0.1) is 5.92 Å². The van der Waals surface area contributed by atoms with Crippen LogP contribution < -0.4 is 16.4 Å². The normalized spacial score (nSPS) is 13.9. The molecule has 0 saturated heterocycles. The molecule has 1 aromatic carbocycles. The number of aryl methyl sites for hydroxylation is 1. The van der Waals surface area contributed by atoms with Gasteiger partial charge in [-0.2, -0.15) is 0 Å². The molecule has 8 nitrogen and oxygen atoms in total. The van der Waals surface area contributed by atoms with E-state index in [2.05, 4.69) is 26.3 Å². The van der Waals surface area contributed by atoms with Gasteiger partial charge in [-0.1, -0.05) is 18.2 Å². The molecule has 0 aliphatic heterocycles. The van der Waals surface area contributed by atoms with Crippen LogP contribution in [0.3, 0.4) is 0 Å². The van der Waals surface area contributed by atoms with Crippen LogP contribution in [0.4, 0.5) is 5.82 Å². The maximum atomic E-state index is 11.7. The number of para-hydroxylation sites is 1. The van der Waals surface area contributed by atoms with Gasteiger partial charge in [-0.3, -0.25) is 4.79 Å². The molecule has 1 aliphatic carbocycles. The van der Waals surface area contributed by atoms with Crippen molar-refractivity contribution in [1.82, 2.24) is 25.2 Å². The van der Waals surface area contributed by atoms with Crippen molar-refractivity contribution in [2.75, 3.05) is 39.1 Å². The maximum Gasteiger partial charge on any atom is 0.223 e. The van der Waals surface area contributed by atoms with E-state index < -0.39 is 0 Å². The average molecular weight is 411 g/mol. The molecule has 1 saturated carbocycles. The number of anilines is 1. The number of hydrogen-bond acceptors (Lipinski definition) is 6. The van der Waals surface area contributed by atoms with E-state index in [1.807, 2.05) is 25.2 Å². The van der Waals surface area contributed by atoms with Crippen molar-refractivity contribution in [2.24, 2.45) is 5.92 Å². The van der Waals surface area contributed by atoms with Crippen LogP contribution in [-0.4, -0.2) is 53.8 Å². The van der Waals surface area contributed by atoms with Gasteiger partial charge in [0, 0.05) is 30.8 Å². The highest BCUT2D eigenvalue weighted by atomic mass is 16.5. The lowest BCUT2D eigenvalue weighted by Gasteiger charge is -2.12. The maximum absolute atomic E-state index is 11.7. The van der Waals surface area contributed by atoms with E-state index in [-0.39, 0.29) is 11.8 Å². The predicted octanol–water partition coefficient (Wildman–Crippen LogP) is 1.86. The third-order valence-corrected chi connectivity index (χ3v) is 5.47. The van der Waals surface area contributed by atoms with E-state index in [9.17, 15) is 4.79 Å². The summed E-state index contributed by atoms with van der Waals surface area (Å²) < 4.78 is 8.02. The fraction of sp³-hybridized carbons (Fsp3) is 0.500. The number of hydrogen-bond donors (Lipinski definition) is 3. The summed E-state index contributed by atoms with van der Waals surface area (Å²) >= 11 is 0. The Bertz CT molecular complexity index is 1030. The van der Waals surface area contributed by atoms with Crippen molar-refractivity contribution in [1.29, 1.82) is 0 Å². The van der Waals surface area contributed by atoms with Gasteiger partial charge in [0.25, 0.3) is 0 Å². The Kier molecular flexibility index (Phi) is 6.44. The Balaban J connectivity index is 1.49. The first-order chi connectivity index (χ1) is 14.7. The van der Waals surface area contributed by atoms with Crippen LogP contribution in [0.2, 0.25) is 0 Å². The quantitative estimate of drug-likeness (QED) is 0.417. The standard InChI is InChI=1S/C22H30N6O2/c1-24-10-4-7-18-27-19-20(16-5-2-3-6-17(16)26-21(19)23)28(18)12-14-30-13-11-25-22(29)15-8-9-15/h2-3,5-6,15,24H,4,7-14H2,1H3,(H2,23,26)(H,25,29). The number of benzene rings is 1. The smallest absolute Gasteiger partial charge is 0.223 e. The van der Waals surface area contributed by atoms with Crippen molar-refractivity contribution in [2.45, 2.75) is 32.2 Å². The highest BCUT2D eigenvalue weighted by molar-refractivity contribution is 6.06. The van der Waals surface area contributed by atoms with Crippen LogP contribution in [-0.2, 0) is 22.5 Å². The molecule has 30 heavy (non-hydrogen) atoms. The second kappa shape index (κ2) is 9.40. The summed E-state index contributed by atoms with van der Waals surface area (Å²) in [5, 5.41) is 7.16. The van der Waals surface area contributed by atoms with E-state index in [0.29, 0.717) is 32.1 Å². The zero-order valence-corrected chi connectivity index (χ0v) is 17.5. The number of nitrogens with two attached hydrogens (primary N) is 1. The van der Waals surface area contributed by atoms with Crippen molar-refractivity contribution < 1.29 is 9.53 Å². The van der Waals surface area contributed by atoms with Gasteiger partial charge in [-0.05, 0) is 38.9 Å². The Morgan fingerprint density at radius 3 is 2.87 bits per heavy atom. The minimum atomic E-state index is 0.153. The molecular weight excluding hydrogens is 380 g/mol. The molecule has 1 fully saturated rings. The number of amides is 1. The van der Waals surface area contributed by atoms with Gasteiger partial charge in [-0.25, -0.2) is 9.97 Å². The second-order valence-corrected chi connectivity index (χ2v) is 7.78. The van der Waals surface area contributed by atoms with Gasteiger partial charge in [0.1, 0.15) is 11.3 Å². The van der Waals surface area contributed by atoms with Gasteiger partial charge < -0.3 is 25.7 Å². The topological polar surface area (TPSA) is 107 Å². The summed E-state index contributed by atoms with van der Waals surface area (Å²) in [6, 6.07) is 8.01. The van der Waals surface area contributed by atoms with Gasteiger partial charge in [-0.15, -0.1) is 0 Å². The number of rotatable bonds is 11. The molecule has 4 N–H and O–H groups in total. The number of ether oxygens (including phenoxy) is 1. The van der Waals surface area contributed by atoms with Crippen LogP contribution in [0.1, 0.15) is 25.1 Å². The van der Waals surface area contributed by atoms with E-state index >= 15 is 0 Å². The third kappa shape index (κ3) is 4.55. The van der Waals surface area contributed by atoms with Gasteiger partial charge in [0.15, 0.2) is 5.82 Å². The number of fused-ring (bicyclic) bond motifs is 3. The van der Waals surface area contributed by atoms with Crippen molar-refractivity contribution in [3.05, 3.63) is 30.1 Å². The molecule has 160 valence electrons. The largest absolute Gasteiger partial charge is 0.382 e. The highest BCUT2D eigenvalue weighted by Gasteiger charge is 2.29. The molecule has 1 aliphatic rings. The first-order valence-corrected chi connectivity index (χ1v) is 10.7. The third-order valence-electron chi connectivity index (χ3n) is 5.47. The molecule has 0 radical (unpaired) electrons. The number of aromatic nitrogens is 3. The summed E-state index contributed by atoms with van der Waals surface area (Å²) in [6.07, 6.45) is 3.87. The second-order valence-electron chi connectivity index (χ2n) is 7.78. The summed E-state index contributed by atoms with van der Waals surface area (Å²) in [6.45, 7) is 3.20. The van der Waals surface area contributed by atoms with E-state index in [0.717, 1.165) is 60.0 Å². The lowest BCUT2D eigenvalue weighted by molar-refractivity contribution is -0.122. The average Bonchev–Trinajstić information content (AvgIpc) is 3.53. The van der Waals surface area contributed by atoms with E-state index in [1.54, 1.807) is 0 Å². The van der Waals surface area contributed by atoms with Crippen LogP contribution in [0.15, 0.2) is 24.3 Å². The number of carbonyl (C=O) groups is 1. The SMILES string of the molecule is CNCCCc1nc2c(N)nc3ccccc3c2n1CCOCCNC(=O)C1CC1. The van der Waals surface area contributed by atoms with Gasteiger partial charge >= 0.3 is 0 Å². The Morgan fingerprint density at radius 2 is 2.07 bits per heavy atom. The molecule has 1 amide bonds. The van der Waals surface area contributed by atoms with Crippen LogP contribution in [0.25, 0.3) is 21.9 Å². The lowest BCUT2D eigenvalue weighted by Crippen LogP contribution is -2.28. The molecule has 2 aromatic heterocycles. The fourth-order valence-electron chi connectivity index (χ4n) is 3.75. The lowest BCUT2D eigenvalue weighted by atomic mass is 10.2. The van der Waals surface area contributed by atoms with Gasteiger partial charge in [0.2, 0.25) is 5.91 Å². The van der Waals surface area contributed by atoms with Crippen molar-refractivity contribution in [3.8, 4) is 0 Å². The molecule has 0 spiro atoms. The predicted molar refractivity (Wildman–Crippen MR) is 118 cm³/mol. The van der Waals surface area contributed by atoms with E-state index in [1.165, 1.54) is 0 Å². The number of nitrogen functional groups attached to an aromatic ring is 1. The molecule has 3 aromatic rings. The Labute approximate surface area is 176 Å². The first kappa shape index (κ1) is 20.6. The Morgan fingerprint density at radius 1 is 1.23 bits per heavy atom. The highest BCUT2D eigenvalue weighted by Crippen LogP contribution is 2.29. The molecule has 0 atom stereocenters. The number of nitrogens with zero attached hydrogens (tertiary/aromatic N) is 3. The molecule has 8 heteroatoms. The fourth-order valence-corrected chi connectivity index (χ4v) is 3.75. The Hall–Kier alpha value is -2.71. The van der Waals surface area contributed by atoms with Crippen molar-refractivity contribution >= 4 is 33.7 Å². The molecular formula is C22H30N6O2. The monoisotopic (exact) mass is 410 g/mol. The molecule has 4 rings (SSSR count). The first-order valence-electron chi connectivity index (χ1n) is 10.7. The zero-order valence-electron chi connectivity index (χ0n) is 17.5. The summed E-state index contributed by atoms with van der Waals surface area (Å²) in [7, 11) is 1.95. The number of carbonyl (C=O) groups excluding carboxylic acids is 1. The summed E-state index contributed by atoms with van der Waals surface area (Å²) in [5.41, 5.74) is 8.88. The van der Waals surface area contributed by atoms with Crippen LogP contribution >= 0.6 is 0 Å². The minimum absolute atomic E-state index is 0.153. The molecule has 2 heterocycles. The zero-order chi connectivity index (χ0) is 20.9. The van der Waals surface area contributed by atoms with Crippen LogP contribution in [0.5, 0.6) is 0 Å². The summed E-state index contributed by atoms with van der Waals surface area (Å²) in [5.74, 6) is 1.84. The number of pyridine rings is 1. The van der Waals surface area contributed by atoms with E-state index in [4.69, 9.17) is 15.5 Å². The van der Waals surface area contributed by atoms with Gasteiger partial charge in [0.05, 0.1) is 24.2 Å². The number of imidazole rings is 1. The molecule has 0 bridgehead atoms. The minimum Gasteiger partial charge on any atom is -0.382 e. The molecule has 0 unspecified atom stereocenters. The van der Waals surface area contributed by atoms with Crippen molar-refractivity contribution in [3.63, 3.8) is 0 Å².